The van der Waals surface area contributed by atoms with Crippen LogP contribution in [0.15, 0.2) is 18.2 Å². The van der Waals surface area contributed by atoms with Gasteiger partial charge in [-0.2, -0.15) is 0 Å². The molecule has 0 spiro atoms. The van der Waals surface area contributed by atoms with Crippen LogP contribution >= 0.6 is 0 Å². The number of rotatable bonds is 2. The molecular formula is C11H14N2O. The normalized spacial score (nSPS) is 10.8. The standard InChI is InChI=1S/C11H14N2O/c1-7-8(2)12-11-9(7)5-4-6-10(11)13-14-3/h4-6,12-13H,1-3H3. The number of benzene rings is 1. The van der Waals surface area contributed by atoms with Gasteiger partial charge in [-0.3, -0.25) is 10.3 Å². The fourth-order valence-electron chi connectivity index (χ4n) is 1.68. The van der Waals surface area contributed by atoms with Crippen molar-refractivity contribution >= 4 is 16.6 Å². The average Bonchev–Trinajstić information content (AvgIpc) is 2.46. The first-order valence-electron chi connectivity index (χ1n) is 4.61. The summed E-state index contributed by atoms with van der Waals surface area (Å²) in [5.41, 5.74) is 7.43. The number of para-hydroxylation sites is 1. The summed E-state index contributed by atoms with van der Waals surface area (Å²) >= 11 is 0. The van der Waals surface area contributed by atoms with E-state index in [1.165, 1.54) is 16.6 Å². The lowest BCUT2D eigenvalue weighted by Crippen LogP contribution is -1.95. The van der Waals surface area contributed by atoms with Crippen molar-refractivity contribution in [1.29, 1.82) is 0 Å². The fourth-order valence-corrected chi connectivity index (χ4v) is 1.68. The van der Waals surface area contributed by atoms with Crippen LogP contribution in [0.1, 0.15) is 11.3 Å². The predicted octanol–water partition coefficient (Wildman–Crippen LogP) is 2.76. The summed E-state index contributed by atoms with van der Waals surface area (Å²) in [7, 11) is 1.61. The Morgan fingerprint density at radius 2 is 2.07 bits per heavy atom. The molecule has 0 aliphatic heterocycles. The maximum atomic E-state index is 4.92. The van der Waals surface area contributed by atoms with Crippen LogP contribution in [0.2, 0.25) is 0 Å². The van der Waals surface area contributed by atoms with E-state index in [9.17, 15) is 0 Å². The first-order valence-corrected chi connectivity index (χ1v) is 4.61. The fraction of sp³-hybridized carbons (Fsp3) is 0.273. The highest BCUT2D eigenvalue weighted by Gasteiger charge is 2.06. The highest BCUT2D eigenvalue weighted by molar-refractivity contribution is 5.93. The molecule has 3 nitrogen and oxygen atoms in total. The summed E-state index contributed by atoms with van der Waals surface area (Å²) in [6.45, 7) is 4.19. The summed E-state index contributed by atoms with van der Waals surface area (Å²) in [4.78, 5) is 8.25. The molecule has 2 aromatic rings. The molecule has 0 atom stereocenters. The van der Waals surface area contributed by atoms with Gasteiger partial charge >= 0.3 is 0 Å². The highest BCUT2D eigenvalue weighted by atomic mass is 16.6. The van der Waals surface area contributed by atoms with Crippen LogP contribution < -0.4 is 5.48 Å². The van der Waals surface area contributed by atoms with Gasteiger partial charge in [-0.1, -0.05) is 12.1 Å². The molecule has 0 aliphatic rings. The van der Waals surface area contributed by atoms with E-state index in [1.54, 1.807) is 7.11 Å². The molecule has 0 radical (unpaired) electrons. The van der Waals surface area contributed by atoms with Crippen molar-refractivity contribution in [2.45, 2.75) is 13.8 Å². The van der Waals surface area contributed by atoms with Crippen LogP contribution in [-0.2, 0) is 4.84 Å². The SMILES string of the molecule is CONc1cccc2c(C)c(C)[nH]c12. The molecule has 0 fully saturated rings. The molecule has 2 rings (SSSR count). The molecule has 1 heterocycles. The summed E-state index contributed by atoms with van der Waals surface area (Å²) in [5.74, 6) is 0. The van der Waals surface area contributed by atoms with Crippen LogP contribution in [-0.4, -0.2) is 12.1 Å². The Hall–Kier alpha value is -1.48. The van der Waals surface area contributed by atoms with Gasteiger partial charge in [-0.15, -0.1) is 0 Å². The van der Waals surface area contributed by atoms with Crippen molar-refractivity contribution in [3.05, 3.63) is 29.5 Å². The second-order valence-electron chi connectivity index (χ2n) is 3.41. The summed E-state index contributed by atoms with van der Waals surface area (Å²) in [6.07, 6.45) is 0. The first-order chi connectivity index (χ1) is 6.74. The number of hydrogen-bond acceptors (Lipinski definition) is 2. The van der Waals surface area contributed by atoms with Gasteiger partial charge in [-0.05, 0) is 25.5 Å². The molecule has 74 valence electrons. The third-order valence-electron chi connectivity index (χ3n) is 2.56. The number of aryl methyl sites for hydroxylation is 2. The molecule has 0 unspecified atom stereocenters. The largest absolute Gasteiger partial charge is 0.357 e. The third-order valence-corrected chi connectivity index (χ3v) is 2.56. The van der Waals surface area contributed by atoms with Crippen molar-refractivity contribution < 1.29 is 4.84 Å². The number of hydrogen-bond donors (Lipinski definition) is 2. The van der Waals surface area contributed by atoms with Crippen molar-refractivity contribution in [3.63, 3.8) is 0 Å². The second kappa shape index (κ2) is 3.35. The van der Waals surface area contributed by atoms with Gasteiger partial charge in [0.25, 0.3) is 0 Å². The van der Waals surface area contributed by atoms with Gasteiger partial charge in [-0.25, -0.2) is 0 Å². The van der Waals surface area contributed by atoms with Crippen molar-refractivity contribution in [2.24, 2.45) is 0 Å². The van der Waals surface area contributed by atoms with Gasteiger partial charge in [0.1, 0.15) is 0 Å². The zero-order valence-corrected chi connectivity index (χ0v) is 8.64. The zero-order chi connectivity index (χ0) is 10.1. The van der Waals surface area contributed by atoms with Gasteiger partial charge in [0.15, 0.2) is 0 Å². The topological polar surface area (TPSA) is 37.0 Å². The molecule has 0 saturated carbocycles. The number of anilines is 1. The molecular weight excluding hydrogens is 176 g/mol. The zero-order valence-electron chi connectivity index (χ0n) is 8.64. The van der Waals surface area contributed by atoms with E-state index in [-0.39, 0.29) is 0 Å². The lowest BCUT2D eigenvalue weighted by atomic mass is 10.1. The molecule has 3 heteroatoms. The molecule has 0 amide bonds. The lowest BCUT2D eigenvalue weighted by molar-refractivity contribution is 0.271. The van der Waals surface area contributed by atoms with Crippen LogP contribution in [0.25, 0.3) is 10.9 Å². The summed E-state index contributed by atoms with van der Waals surface area (Å²) in [5, 5.41) is 1.24. The molecule has 14 heavy (non-hydrogen) atoms. The number of aromatic amines is 1. The summed E-state index contributed by atoms with van der Waals surface area (Å²) in [6, 6.07) is 6.11. The van der Waals surface area contributed by atoms with Crippen molar-refractivity contribution in [2.75, 3.05) is 12.6 Å². The van der Waals surface area contributed by atoms with Gasteiger partial charge in [0.2, 0.25) is 0 Å². The average molecular weight is 190 g/mol. The molecule has 2 N–H and O–H groups in total. The lowest BCUT2D eigenvalue weighted by Gasteiger charge is -2.03. The maximum absolute atomic E-state index is 4.92. The minimum absolute atomic E-state index is 0.973. The number of nitrogens with one attached hydrogen (secondary N) is 2. The Morgan fingerprint density at radius 1 is 1.29 bits per heavy atom. The van der Waals surface area contributed by atoms with E-state index in [2.05, 4.69) is 30.4 Å². The molecule has 0 bridgehead atoms. The monoisotopic (exact) mass is 190 g/mol. The maximum Gasteiger partial charge on any atom is 0.0845 e. The molecule has 1 aromatic carbocycles. The van der Waals surface area contributed by atoms with Gasteiger partial charge in [0, 0.05) is 11.1 Å². The highest BCUT2D eigenvalue weighted by Crippen LogP contribution is 2.27. The van der Waals surface area contributed by atoms with E-state index >= 15 is 0 Å². The van der Waals surface area contributed by atoms with Crippen molar-refractivity contribution in [3.8, 4) is 0 Å². The van der Waals surface area contributed by atoms with Crippen LogP contribution in [0.4, 0.5) is 5.69 Å². The number of aromatic nitrogens is 1. The molecule has 0 aliphatic carbocycles. The Bertz CT molecular complexity index is 460. The Labute approximate surface area is 83.0 Å². The third kappa shape index (κ3) is 1.26. The molecule has 0 saturated heterocycles. The Morgan fingerprint density at radius 3 is 2.79 bits per heavy atom. The first kappa shape index (κ1) is 9.09. The second-order valence-corrected chi connectivity index (χ2v) is 3.41. The molecule has 1 aromatic heterocycles. The smallest absolute Gasteiger partial charge is 0.0845 e. The Kier molecular flexibility index (Phi) is 2.17. The van der Waals surface area contributed by atoms with Gasteiger partial charge in [0.05, 0.1) is 18.3 Å². The van der Waals surface area contributed by atoms with Crippen LogP contribution in [0.5, 0.6) is 0 Å². The Balaban J connectivity index is 2.68. The van der Waals surface area contributed by atoms with E-state index < -0.39 is 0 Å². The van der Waals surface area contributed by atoms with E-state index in [0.29, 0.717) is 0 Å². The number of H-pyrrole nitrogens is 1. The van der Waals surface area contributed by atoms with Crippen LogP contribution in [0, 0.1) is 13.8 Å². The van der Waals surface area contributed by atoms with E-state index in [4.69, 9.17) is 4.84 Å². The van der Waals surface area contributed by atoms with Crippen LogP contribution in [0.3, 0.4) is 0 Å². The van der Waals surface area contributed by atoms with Crippen molar-refractivity contribution in [1.82, 2.24) is 4.98 Å². The quantitative estimate of drug-likeness (QED) is 0.714. The number of fused-ring (bicyclic) bond motifs is 1. The minimum Gasteiger partial charge on any atom is -0.357 e. The van der Waals surface area contributed by atoms with E-state index in [1.807, 2.05) is 12.1 Å². The van der Waals surface area contributed by atoms with Gasteiger partial charge < -0.3 is 4.98 Å². The summed E-state index contributed by atoms with van der Waals surface area (Å²) < 4.78 is 0. The predicted molar refractivity (Wildman–Crippen MR) is 58.4 cm³/mol. The minimum atomic E-state index is 0.973. The van der Waals surface area contributed by atoms with E-state index in [0.717, 1.165) is 11.2 Å².